The van der Waals surface area contributed by atoms with Gasteiger partial charge in [0, 0.05) is 12.8 Å². The van der Waals surface area contributed by atoms with E-state index in [0.717, 1.165) is 12.1 Å². The third kappa shape index (κ3) is 2.60. The van der Waals surface area contributed by atoms with Gasteiger partial charge in [-0.15, -0.1) is 15.3 Å². The Balaban J connectivity index is 1.97. The third-order valence-corrected chi connectivity index (χ3v) is 2.03. The van der Waals surface area contributed by atoms with E-state index in [9.17, 15) is 0 Å². The Bertz CT molecular complexity index is 449. The van der Waals surface area contributed by atoms with Crippen LogP contribution in [0.5, 0.6) is 0 Å². The Morgan fingerprint density at radius 2 is 2.19 bits per heavy atom. The molecule has 2 heterocycles. The van der Waals surface area contributed by atoms with E-state index >= 15 is 0 Å². The van der Waals surface area contributed by atoms with Crippen molar-refractivity contribution in [1.29, 1.82) is 0 Å². The summed E-state index contributed by atoms with van der Waals surface area (Å²) in [7, 11) is 1.71. The highest BCUT2D eigenvalue weighted by Gasteiger charge is 2.04. The molecule has 0 aliphatic heterocycles. The van der Waals surface area contributed by atoms with Gasteiger partial charge in [-0.2, -0.15) is 4.80 Å². The highest BCUT2D eigenvalue weighted by molar-refractivity contribution is 4.93. The lowest BCUT2D eigenvalue weighted by Crippen LogP contribution is -2.03. The molecule has 0 atom stereocenters. The molecule has 0 saturated heterocycles. The third-order valence-electron chi connectivity index (χ3n) is 2.03. The Morgan fingerprint density at radius 1 is 1.31 bits per heavy atom. The van der Waals surface area contributed by atoms with Crippen molar-refractivity contribution in [3.8, 4) is 0 Å². The zero-order valence-corrected chi connectivity index (χ0v) is 8.98. The summed E-state index contributed by atoms with van der Waals surface area (Å²) in [4.78, 5) is 1.40. The summed E-state index contributed by atoms with van der Waals surface area (Å²) in [5.41, 5.74) is 0.859. The quantitative estimate of drug-likeness (QED) is 0.682. The van der Waals surface area contributed by atoms with Crippen molar-refractivity contribution < 1.29 is 5.11 Å². The van der Waals surface area contributed by atoms with Gasteiger partial charge in [0.25, 0.3) is 0 Å². The van der Waals surface area contributed by atoms with E-state index in [-0.39, 0.29) is 6.61 Å². The summed E-state index contributed by atoms with van der Waals surface area (Å²) >= 11 is 0. The van der Waals surface area contributed by atoms with E-state index in [1.807, 2.05) is 6.20 Å². The lowest BCUT2D eigenvalue weighted by Gasteiger charge is -1.92. The zero-order chi connectivity index (χ0) is 11.4. The fourth-order valence-electron chi connectivity index (χ4n) is 1.32. The second-order valence-corrected chi connectivity index (χ2v) is 3.43. The minimum Gasteiger partial charge on any atom is -0.396 e. The molecule has 2 aromatic heterocycles. The second-order valence-electron chi connectivity index (χ2n) is 3.43. The molecule has 0 saturated carbocycles. The molecule has 0 spiro atoms. The van der Waals surface area contributed by atoms with E-state index in [0.29, 0.717) is 18.8 Å². The second kappa shape index (κ2) is 4.79. The van der Waals surface area contributed by atoms with Gasteiger partial charge in [-0.3, -0.25) is 0 Å². The van der Waals surface area contributed by atoms with Crippen LogP contribution in [0.25, 0.3) is 0 Å². The molecular formula is C8H13N7O. The molecular weight excluding hydrogens is 210 g/mol. The number of aryl methyl sites for hydroxylation is 2. The zero-order valence-electron chi connectivity index (χ0n) is 8.98. The van der Waals surface area contributed by atoms with Crippen molar-refractivity contribution in [2.75, 3.05) is 6.61 Å². The van der Waals surface area contributed by atoms with Crippen molar-refractivity contribution in [3.63, 3.8) is 0 Å². The topological polar surface area (TPSA) is 94.5 Å². The molecule has 0 unspecified atom stereocenters. The molecule has 0 bridgehead atoms. The van der Waals surface area contributed by atoms with E-state index in [1.165, 1.54) is 4.80 Å². The molecule has 8 nitrogen and oxygen atoms in total. The number of aromatic nitrogens is 7. The van der Waals surface area contributed by atoms with Gasteiger partial charge >= 0.3 is 0 Å². The SMILES string of the molecule is Cn1nnc(Cn2cc(CCCO)nn2)n1. The van der Waals surface area contributed by atoms with Crippen LogP contribution < -0.4 is 0 Å². The molecule has 0 amide bonds. The Hall–Kier alpha value is -1.83. The van der Waals surface area contributed by atoms with Crippen LogP contribution in [0.4, 0.5) is 0 Å². The smallest absolute Gasteiger partial charge is 0.196 e. The first-order chi connectivity index (χ1) is 7.78. The standard InChI is InChI=1S/C8H13N7O/c1-14-11-8(10-12-14)6-15-5-7(9-13-15)3-2-4-16/h5,16H,2-4,6H2,1H3. The molecule has 0 aromatic carbocycles. The van der Waals surface area contributed by atoms with Gasteiger partial charge in [0.2, 0.25) is 0 Å². The van der Waals surface area contributed by atoms with Gasteiger partial charge in [-0.1, -0.05) is 5.21 Å². The summed E-state index contributed by atoms with van der Waals surface area (Å²) in [6.07, 6.45) is 3.25. The number of tetrazole rings is 1. The number of nitrogens with zero attached hydrogens (tertiary/aromatic N) is 7. The van der Waals surface area contributed by atoms with Crippen molar-refractivity contribution in [1.82, 2.24) is 35.2 Å². The predicted octanol–water partition coefficient (Wildman–Crippen LogP) is -1.23. The van der Waals surface area contributed by atoms with Gasteiger partial charge < -0.3 is 5.11 Å². The van der Waals surface area contributed by atoms with Crippen LogP contribution in [0.15, 0.2) is 6.20 Å². The Kier molecular flexibility index (Phi) is 3.20. The number of aliphatic hydroxyl groups is 1. The Labute approximate surface area is 91.9 Å². The van der Waals surface area contributed by atoms with Crippen molar-refractivity contribution in [2.24, 2.45) is 7.05 Å². The van der Waals surface area contributed by atoms with Crippen LogP contribution in [-0.4, -0.2) is 46.9 Å². The predicted molar refractivity (Wildman–Crippen MR) is 53.3 cm³/mol. The average Bonchev–Trinajstić information content (AvgIpc) is 2.86. The van der Waals surface area contributed by atoms with E-state index < -0.39 is 0 Å². The van der Waals surface area contributed by atoms with Gasteiger partial charge in [0.1, 0.15) is 6.54 Å². The molecule has 8 heteroatoms. The van der Waals surface area contributed by atoms with Crippen LogP contribution in [0.3, 0.4) is 0 Å². The normalized spacial score (nSPS) is 10.9. The van der Waals surface area contributed by atoms with Crippen LogP contribution in [-0.2, 0) is 20.0 Å². The van der Waals surface area contributed by atoms with Crippen molar-refractivity contribution in [3.05, 3.63) is 17.7 Å². The van der Waals surface area contributed by atoms with Gasteiger partial charge in [0.05, 0.1) is 12.7 Å². The summed E-state index contributed by atoms with van der Waals surface area (Å²) in [5.74, 6) is 0.598. The van der Waals surface area contributed by atoms with Gasteiger partial charge in [0.15, 0.2) is 5.82 Å². The molecule has 1 N–H and O–H groups in total. The van der Waals surface area contributed by atoms with E-state index in [4.69, 9.17) is 5.11 Å². The fraction of sp³-hybridized carbons (Fsp3) is 0.625. The number of hydrogen-bond donors (Lipinski definition) is 1. The summed E-state index contributed by atoms with van der Waals surface area (Å²) in [6, 6.07) is 0. The van der Waals surface area contributed by atoms with Crippen molar-refractivity contribution >= 4 is 0 Å². The first-order valence-electron chi connectivity index (χ1n) is 5.00. The van der Waals surface area contributed by atoms with Crippen LogP contribution >= 0.6 is 0 Å². The molecule has 2 rings (SSSR count). The molecule has 0 radical (unpaired) electrons. The highest BCUT2D eigenvalue weighted by Crippen LogP contribution is 1.99. The first kappa shape index (κ1) is 10.7. The fourth-order valence-corrected chi connectivity index (χ4v) is 1.32. The lowest BCUT2D eigenvalue weighted by molar-refractivity contribution is 0.288. The summed E-state index contributed by atoms with van der Waals surface area (Å²) < 4.78 is 1.66. The molecule has 0 aliphatic carbocycles. The van der Waals surface area contributed by atoms with E-state index in [2.05, 4.69) is 25.7 Å². The maximum Gasteiger partial charge on any atom is 0.196 e. The maximum atomic E-state index is 8.69. The average molecular weight is 223 g/mol. The van der Waals surface area contributed by atoms with Crippen LogP contribution in [0.1, 0.15) is 17.9 Å². The Morgan fingerprint density at radius 3 is 2.88 bits per heavy atom. The summed E-state index contributed by atoms with van der Waals surface area (Å²) in [5, 5.41) is 28.2. The molecule has 0 fully saturated rings. The minimum atomic E-state index is 0.165. The monoisotopic (exact) mass is 223 g/mol. The highest BCUT2D eigenvalue weighted by atomic mass is 16.2. The molecule has 86 valence electrons. The first-order valence-corrected chi connectivity index (χ1v) is 5.00. The van der Waals surface area contributed by atoms with Gasteiger partial charge in [-0.05, 0) is 18.1 Å². The minimum absolute atomic E-state index is 0.165. The molecule has 16 heavy (non-hydrogen) atoms. The molecule has 2 aromatic rings. The molecule has 0 aliphatic rings. The maximum absolute atomic E-state index is 8.69. The van der Waals surface area contributed by atoms with Crippen LogP contribution in [0, 0.1) is 0 Å². The van der Waals surface area contributed by atoms with Gasteiger partial charge in [-0.25, -0.2) is 4.68 Å². The largest absolute Gasteiger partial charge is 0.396 e. The van der Waals surface area contributed by atoms with Crippen molar-refractivity contribution in [2.45, 2.75) is 19.4 Å². The number of rotatable bonds is 5. The van der Waals surface area contributed by atoms with E-state index in [1.54, 1.807) is 11.7 Å². The number of hydrogen-bond acceptors (Lipinski definition) is 6. The summed E-state index contributed by atoms with van der Waals surface area (Å²) in [6.45, 7) is 0.624. The number of aliphatic hydroxyl groups excluding tert-OH is 1. The van der Waals surface area contributed by atoms with Crippen LogP contribution in [0.2, 0.25) is 0 Å². The lowest BCUT2D eigenvalue weighted by atomic mass is 10.3.